The van der Waals surface area contributed by atoms with Crippen molar-refractivity contribution in [1.29, 1.82) is 0 Å². The Morgan fingerprint density at radius 1 is 0.632 bits per heavy atom. The molecule has 0 rings (SSSR count). The van der Waals surface area contributed by atoms with Gasteiger partial charge in [0.2, 0.25) is 23.6 Å². The second-order valence-electron chi connectivity index (χ2n) is 11.9. The van der Waals surface area contributed by atoms with E-state index in [0.29, 0.717) is 6.54 Å². The Labute approximate surface area is 232 Å². The minimum Gasteiger partial charge on any atom is -0.354 e. The number of carbonyl (C=O) groups excluding carboxylic acids is 4. The first kappa shape index (κ1) is 35.8. The van der Waals surface area contributed by atoms with E-state index in [1.54, 1.807) is 21.1 Å². The molecule has 0 aliphatic carbocycles. The summed E-state index contributed by atoms with van der Waals surface area (Å²) in [6.07, 6.45) is 4.21. The molecule has 0 heterocycles. The zero-order valence-electron chi connectivity index (χ0n) is 26.2. The summed E-state index contributed by atoms with van der Waals surface area (Å²) in [5, 5.41) is 8.91. The van der Waals surface area contributed by atoms with Gasteiger partial charge in [0.15, 0.2) is 0 Å². The smallest absolute Gasteiger partial charge is 0.246 e. The van der Waals surface area contributed by atoms with Crippen LogP contribution in [0.4, 0.5) is 0 Å². The zero-order chi connectivity index (χ0) is 29.7. The second-order valence-corrected chi connectivity index (χ2v) is 11.9. The third-order valence-electron chi connectivity index (χ3n) is 7.13. The van der Waals surface area contributed by atoms with Crippen LogP contribution in [0, 0.1) is 23.7 Å². The SMILES string of the molecule is CCCCCCNC(=O)[C@H](C(C)C)N(C)C(=O)[C@H](C(C)C)N(C)C(=O)[C@@H](NC(=O)[C@@H](NC)C(C)C)C(C)C. The molecule has 0 saturated carbocycles. The van der Waals surface area contributed by atoms with Crippen molar-refractivity contribution in [2.45, 2.75) is 112 Å². The van der Waals surface area contributed by atoms with Crippen molar-refractivity contribution >= 4 is 23.6 Å². The summed E-state index contributed by atoms with van der Waals surface area (Å²) in [5.74, 6) is -1.48. The Kier molecular flexibility index (Phi) is 16.4. The molecule has 0 aliphatic heterocycles. The van der Waals surface area contributed by atoms with E-state index in [1.807, 2.05) is 55.4 Å². The molecule has 0 aromatic carbocycles. The lowest BCUT2D eigenvalue weighted by molar-refractivity contribution is -0.151. The van der Waals surface area contributed by atoms with E-state index >= 15 is 0 Å². The second kappa shape index (κ2) is 17.4. The van der Waals surface area contributed by atoms with E-state index < -0.39 is 24.2 Å². The van der Waals surface area contributed by atoms with Crippen LogP contribution in [-0.2, 0) is 19.2 Å². The van der Waals surface area contributed by atoms with Gasteiger partial charge in [-0.25, -0.2) is 0 Å². The van der Waals surface area contributed by atoms with Gasteiger partial charge in [-0.2, -0.15) is 0 Å². The fourth-order valence-corrected chi connectivity index (χ4v) is 4.92. The molecule has 9 nitrogen and oxygen atoms in total. The van der Waals surface area contributed by atoms with Gasteiger partial charge in [-0.15, -0.1) is 0 Å². The summed E-state index contributed by atoms with van der Waals surface area (Å²) in [6.45, 7) is 18.0. The van der Waals surface area contributed by atoms with Gasteiger partial charge in [-0.3, -0.25) is 19.2 Å². The molecule has 9 heteroatoms. The van der Waals surface area contributed by atoms with Crippen LogP contribution in [0.15, 0.2) is 0 Å². The van der Waals surface area contributed by atoms with Crippen LogP contribution in [0.25, 0.3) is 0 Å². The van der Waals surface area contributed by atoms with Crippen LogP contribution >= 0.6 is 0 Å². The number of nitrogens with one attached hydrogen (secondary N) is 3. The summed E-state index contributed by atoms with van der Waals surface area (Å²) < 4.78 is 0. The quantitative estimate of drug-likeness (QED) is 0.246. The standard InChI is InChI=1S/C29H57N5O4/c1-13-14-15-16-17-31-27(36)24(20(6)7)33(11)29(38)25(21(8)9)34(12)28(37)23(19(4)5)32-26(35)22(30-10)18(2)3/h18-25,30H,13-17H2,1-12H3,(H,31,36)(H,32,35)/t22-,23-,24-,25-/m0/s1. The van der Waals surface area contributed by atoms with Crippen LogP contribution in [0.1, 0.15) is 88.0 Å². The molecule has 0 aromatic rings. The van der Waals surface area contributed by atoms with Crippen molar-refractivity contribution in [1.82, 2.24) is 25.8 Å². The average Bonchev–Trinajstić information content (AvgIpc) is 2.81. The molecule has 3 N–H and O–H groups in total. The van der Waals surface area contributed by atoms with Crippen LogP contribution < -0.4 is 16.0 Å². The first-order valence-electron chi connectivity index (χ1n) is 14.4. The highest BCUT2D eigenvalue weighted by Gasteiger charge is 2.40. The lowest BCUT2D eigenvalue weighted by Gasteiger charge is -2.39. The van der Waals surface area contributed by atoms with Gasteiger partial charge < -0.3 is 25.8 Å². The molecule has 0 spiro atoms. The van der Waals surface area contributed by atoms with Crippen molar-refractivity contribution in [3.8, 4) is 0 Å². The van der Waals surface area contributed by atoms with Crippen molar-refractivity contribution in [2.75, 3.05) is 27.7 Å². The van der Waals surface area contributed by atoms with Crippen LogP contribution in [-0.4, -0.2) is 85.3 Å². The number of likely N-dealkylation sites (N-methyl/N-ethyl adjacent to an activating group) is 3. The molecule has 0 unspecified atom stereocenters. The monoisotopic (exact) mass is 539 g/mol. The summed E-state index contributed by atoms with van der Waals surface area (Å²) in [6, 6.07) is -2.65. The van der Waals surface area contributed by atoms with Crippen LogP contribution in [0.2, 0.25) is 0 Å². The number of hydrogen-bond donors (Lipinski definition) is 3. The van der Waals surface area contributed by atoms with Crippen molar-refractivity contribution in [2.24, 2.45) is 23.7 Å². The highest BCUT2D eigenvalue weighted by atomic mass is 16.2. The lowest BCUT2D eigenvalue weighted by atomic mass is 9.95. The predicted octanol–water partition coefficient (Wildman–Crippen LogP) is 3.03. The molecule has 4 atom stereocenters. The van der Waals surface area contributed by atoms with E-state index in [2.05, 4.69) is 22.9 Å². The molecule has 0 aliphatic rings. The molecule has 0 fully saturated rings. The van der Waals surface area contributed by atoms with Crippen molar-refractivity contribution in [3.05, 3.63) is 0 Å². The maximum Gasteiger partial charge on any atom is 0.246 e. The Morgan fingerprint density at radius 3 is 1.55 bits per heavy atom. The van der Waals surface area contributed by atoms with Crippen LogP contribution in [0.5, 0.6) is 0 Å². The molecule has 0 bridgehead atoms. The third-order valence-corrected chi connectivity index (χ3v) is 7.13. The molecule has 0 saturated heterocycles. The average molecular weight is 540 g/mol. The summed E-state index contributed by atoms with van der Waals surface area (Å²) >= 11 is 0. The van der Waals surface area contributed by atoms with Gasteiger partial charge in [-0.05, 0) is 37.1 Å². The fourth-order valence-electron chi connectivity index (χ4n) is 4.92. The van der Waals surface area contributed by atoms with Gasteiger partial charge in [0.05, 0.1) is 6.04 Å². The largest absolute Gasteiger partial charge is 0.354 e. The maximum atomic E-state index is 13.8. The normalized spacial score (nSPS) is 14.8. The molecule has 4 amide bonds. The number of nitrogens with zero attached hydrogens (tertiary/aromatic N) is 2. The molecule has 0 aromatic heterocycles. The minimum atomic E-state index is -0.784. The highest BCUT2D eigenvalue weighted by molar-refractivity contribution is 5.95. The first-order valence-corrected chi connectivity index (χ1v) is 14.4. The Morgan fingerprint density at radius 2 is 1.13 bits per heavy atom. The lowest BCUT2D eigenvalue weighted by Crippen LogP contribution is -2.61. The van der Waals surface area contributed by atoms with Gasteiger partial charge in [0.25, 0.3) is 0 Å². The first-order chi connectivity index (χ1) is 17.6. The number of rotatable bonds is 17. The van der Waals surface area contributed by atoms with Gasteiger partial charge >= 0.3 is 0 Å². The summed E-state index contributed by atoms with van der Waals surface area (Å²) in [5.41, 5.74) is 0. The van der Waals surface area contributed by atoms with E-state index in [1.165, 1.54) is 9.80 Å². The van der Waals surface area contributed by atoms with E-state index in [-0.39, 0.29) is 47.3 Å². The van der Waals surface area contributed by atoms with Gasteiger partial charge in [-0.1, -0.05) is 81.6 Å². The Balaban J connectivity index is 5.81. The van der Waals surface area contributed by atoms with Crippen LogP contribution in [0.3, 0.4) is 0 Å². The summed E-state index contributed by atoms with van der Waals surface area (Å²) in [4.78, 5) is 56.4. The third kappa shape index (κ3) is 10.5. The zero-order valence-corrected chi connectivity index (χ0v) is 26.2. The number of amides is 4. The molecule has 0 radical (unpaired) electrons. The molecule has 222 valence electrons. The molecule has 38 heavy (non-hydrogen) atoms. The highest BCUT2D eigenvalue weighted by Crippen LogP contribution is 2.20. The molecular formula is C29H57N5O4. The van der Waals surface area contributed by atoms with E-state index in [0.717, 1.165) is 25.7 Å². The fraction of sp³-hybridized carbons (Fsp3) is 0.862. The van der Waals surface area contributed by atoms with Gasteiger partial charge in [0, 0.05) is 20.6 Å². The number of carbonyl (C=O) groups is 4. The topological polar surface area (TPSA) is 111 Å². The number of hydrogen-bond acceptors (Lipinski definition) is 5. The Bertz CT molecular complexity index is 753. The van der Waals surface area contributed by atoms with Gasteiger partial charge in [0.1, 0.15) is 18.1 Å². The van der Waals surface area contributed by atoms with E-state index in [4.69, 9.17) is 0 Å². The minimum absolute atomic E-state index is 0.0463. The van der Waals surface area contributed by atoms with Crippen molar-refractivity contribution in [3.63, 3.8) is 0 Å². The number of unbranched alkanes of at least 4 members (excludes halogenated alkanes) is 3. The van der Waals surface area contributed by atoms with E-state index in [9.17, 15) is 19.2 Å². The molecular weight excluding hydrogens is 482 g/mol. The summed E-state index contributed by atoms with van der Waals surface area (Å²) in [7, 11) is 4.97. The predicted molar refractivity (Wildman–Crippen MR) is 154 cm³/mol. The van der Waals surface area contributed by atoms with Crippen molar-refractivity contribution < 1.29 is 19.2 Å². The Hall–Kier alpha value is -2.16. The maximum absolute atomic E-state index is 13.8.